The SMILES string of the molecule is CCC(C(Oc1ccc(Cl)cc1Cl)n1cncn1)C(C)(C)C(Cl)OC=O. The number of alkyl halides is 1. The van der Waals surface area contributed by atoms with Gasteiger partial charge in [0.05, 0.1) is 5.02 Å². The molecule has 0 aliphatic rings. The number of carbonyl (C=O) groups excluding carboxylic acids is 1. The summed E-state index contributed by atoms with van der Waals surface area (Å²) in [5, 5.41) is 5.09. The minimum Gasteiger partial charge on any atom is -0.467 e. The number of ether oxygens (including phenoxy) is 2. The summed E-state index contributed by atoms with van der Waals surface area (Å²) in [5.74, 6) is 0.270. The van der Waals surface area contributed by atoms with Crippen LogP contribution in [0.5, 0.6) is 5.75 Å². The molecular formula is C17H20Cl3N3O3. The normalized spacial score (nSPS) is 15.2. The summed E-state index contributed by atoms with van der Waals surface area (Å²) in [6.45, 7) is 6.14. The molecule has 0 aliphatic carbocycles. The standard InChI is InChI=1S/C17H20Cl3N3O3/c1-4-12(17(2,3)16(20)25-10-24)15(23-9-21-8-22-23)26-14-6-5-11(18)7-13(14)19/h5-10,12,15-16H,4H2,1-3H3. The second-order valence-electron chi connectivity index (χ2n) is 6.34. The number of aromatic nitrogens is 3. The molecule has 0 saturated heterocycles. The van der Waals surface area contributed by atoms with Crippen LogP contribution in [0.25, 0.3) is 0 Å². The third-order valence-corrected chi connectivity index (χ3v) is 5.53. The molecule has 0 aliphatic heterocycles. The molecule has 3 atom stereocenters. The molecule has 1 aromatic carbocycles. The molecule has 0 amide bonds. The second kappa shape index (κ2) is 8.93. The Morgan fingerprint density at radius 2 is 2.08 bits per heavy atom. The zero-order valence-corrected chi connectivity index (χ0v) is 16.9. The molecule has 1 aromatic heterocycles. The predicted molar refractivity (Wildman–Crippen MR) is 101 cm³/mol. The molecule has 3 unspecified atom stereocenters. The van der Waals surface area contributed by atoms with Gasteiger partial charge in [-0.05, 0) is 24.6 Å². The number of rotatable bonds is 9. The molecule has 0 bridgehead atoms. The summed E-state index contributed by atoms with van der Waals surface area (Å²) in [7, 11) is 0. The van der Waals surface area contributed by atoms with Crippen molar-refractivity contribution in [2.75, 3.05) is 0 Å². The van der Waals surface area contributed by atoms with Crippen LogP contribution in [0, 0.1) is 11.3 Å². The van der Waals surface area contributed by atoms with E-state index in [9.17, 15) is 4.79 Å². The highest BCUT2D eigenvalue weighted by Crippen LogP contribution is 2.44. The maximum absolute atomic E-state index is 10.7. The van der Waals surface area contributed by atoms with Crippen LogP contribution in [0.2, 0.25) is 10.0 Å². The van der Waals surface area contributed by atoms with Crippen molar-refractivity contribution in [2.24, 2.45) is 11.3 Å². The van der Waals surface area contributed by atoms with Gasteiger partial charge in [-0.25, -0.2) is 9.67 Å². The molecule has 0 radical (unpaired) electrons. The predicted octanol–water partition coefficient (Wildman–Crippen LogP) is 4.95. The van der Waals surface area contributed by atoms with Gasteiger partial charge in [-0.1, -0.05) is 55.6 Å². The highest BCUT2D eigenvalue weighted by atomic mass is 35.5. The molecule has 2 aromatic rings. The first-order chi connectivity index (χ1) is 12.3. The van der Waals surface area contributed by atoms with Crippen molar-refractivity contribution in [3.05, 3.63) is 40.9 Å². The van der Waals surface area contributed by atoms with Crippen molar-refractivity contribution in [2.45, 2.75) is 39.0 Å². The number of hydrogen-bond acceptors (Lipinski definition) is 5. The van der Waals surface area contributed by atoms with Crippen LogP contribution in [-0.4, -0.2) is 26.8 Å². The Kier molecular flexibility index (Phi) is 7.15. The maximum atomic E-state index is 10.7. The van der Waals surface area contributed by atoms with Gasteiger partial charge in [0, 0.05) is 16.4 Å². The quantitative estimate of drug-likeness (QED) is 0.424. The first-order valence-electron chi connectivity index (χ1n) is 8.00. The molecule has 26 heavy (non-hydrogen) atoms. The second-order valence-corrected chi connectivity index (χ2v) is 7.58. The summed E-state index contributed by atoms with van der Waals surface area (Å²) in [5.41, 5.74) is -1.48. The first-order valence-corrected chi connectivity index (χ1v) is 9.19. The highest BCUT2D eigenvalue weighted by molar-refractivity contribution is 6.35. The summed E-state index contributed by atoms with van der Waals surface area (Å²) in [4.78, 5) is 14.7. The fraction of sp³-hybridized carbons (Fsp3) is 0.471. The number of nitrogens with zero attached hydrogens (tertiary/aromatic N) is 3. The Morgan fingerprint density at radius 1 is 1.35 bits per heavy atom. The summed E-state index contributed by atoms with van der Waals surface area (Å²) in [6.07, 6.45) is 3.07. The van der Waals surface area contributed by atoms with Gasteiger partial charge in [-0.2, -0.15) is 5.10 Å². The molecule has 142 valence electrons. The molecule has 0 spiro atoms. The van der Waals surface area contributed by atoms with Gasteiger partial charge in [0.1, 0.15) is 18.4 Å². The van der Waals surface area contributed by atoms with Gasteiger partial charge in [0.25, 0.3) is 6.47 Å². The highest BCUT2D eigenvalue weighted by Gasteiger charge is 2.43. The Morgan fingerprint density at radius 3 is 2.62 bits per heavy atom. The third-order valence-electron chi connectivity index (χ3n) is 4.34. The van der Waals surface area contributed by atoms with E-state index in [0.29, 0.717) is 28.7 Å². The van der Waals surface area contributed by atoms with Gasteiger partial charge in [0.2, 0.25) is 0 Å². The lowest BCUT2D eigenvalue weighted by atomic mass is 9.76. The van der Waals surface area contributed by atoms with Crippen LogP contribution in [-0.2, 0) is 9.53 Å². The number of benzene rings is 1. The Bertz CT molecular complexity index is 725. The van der Waals surface area contributed by atoms with Crippen molar-refractivity contribution in [3.8, 4) is 5.75 Å². The smallest absolute Gasteiger partial charge is 0.294 e. The van der Waals surface area contributed by atoms with Crippen molar-refractivity contribution in [1.29, 1.82) is 0 Å². The van der Waals surface area contributed by atoms with Crippen LogP contribution in [0.4, 0.5) is 0 Å². The van der Waals surface area contributed by atoms with Crippen LogP contribution in [0.15, 0.2) is 30.9 Å². The minimum atomic E-state index is -0.847. The monoisotopic (exact) mass is 419 g/mol. The maximum Gasteiger partial charge on any atom is 0.294 e. The molecule has 0 N–H and O–H groups in total. The summed E-state index contributed by atoms with van der Waals surface area (Å²) in [6, 6.07) is 4.98. The van der Waals surface area contributed by atoms with Gasteiger partial charge in [0.15, 0.2) is 11.8 Å². The Labute approximate surface area is 167 Å². The minimum absolute atomic E-state index is 0.182. The van der Waals surface area contributed by atoms with Gasteiger partial charge in [-0.15, -0.1) is 0 Å². The fourth-order valence-corrected chi connectivity index (χ4v) is 3.51. The van der Waals surface area contributed by atoms with Crippen molar-refractivity contribution < 1.29 is 14.3 Å². The van der Waals surface area contributed by atoms with E-state index in [1.54, 1.807) is 29.2 Å². The van der Waals surface area contributed by atoms with E-state index >= 15 is 0 Å². The lowest BCUT2D eigenvalue weighted by Gasteiger charge is -2.40. The molecule has 0 fully saturated rings. The van der Waals surface area contributed by atoms with E-state index < -0.39 is 17.2 Å². The molecule has 2 rings (SSSR count). The van der Waals surface area contributed by atoms with Gasteiger partial charge < -0.3 is 9.47 Å². The topological polar surface area (TPSA) is 66.2 Å². The van der Waals surface area contributed by atoms with E-state index in [-0.39, 0.29) is 5.92 Å². The lowest BCUT2D eigenvalue weighted by Crippen LogP contribution is -2.41. The van der Waals surface area contributed by atoms with E-state index in [4.69, 9.17) is 44.3 Å². The Hall–Kier alpha value is -1.50. The average Bonchev–Trinajstić information content (AvgIpc) is 3.11. The molecular weight excluding hydrogens is 401 g/mol. The van der Waals surface area contributed by atoms with E-state index in [0.717, 1.165) is 0 Å². The number of carbonyl (C=O) groups is 1. The zero-order chi connectivity index (χ0) is 19.3. The number of halogens is 3. The van der Waals surface area contributed by atoms with E-state index in [2.05, 4.69) is 10.1 Å². The lowest BCUT2D eigenvalue weighted by molar-refractivity contribution is -0.138. The van der Waals surface area contributed by atoms with Crippen LogP contribution in [0.3, 0.4) is 0 Å². The largest absolute Gasteiger partial charge is 0.467 e. The van der Waals surface area contributed by atoms with E-state index in [1.807, 2.05) is 20.8 Å². The zero-order valence-electron chi connectivity index (χ0n) is 14.6. The fourth-order valence-electron chi connectivity index (χ4n) is 2.86. The van der Waals surface area contributed by atoms with Crippen molar-refractivity contribution in [3.63, 3.8) is 0 Å². The van der Waals surface area contributed by atoms with Gasteiger partial charge >= 0.3 is 0 Å². The van der Waals surface area contributed by atoms with Gasteiger partial charge in [-0.3, -0.25) is 4.79 Å². The summed E-state index contributed by atoms with van der Waals surface area (Å²) >= 11 is 18.5. The molecule has 9 heteroatoms. The summed E-state index contributed by atoms with van der Waals surface area (Å²) < 4.78 is 12.8. The van der Waals surface area contributed by atoms with E-state index in [1.165, 1.54) is 6.33 Å². The van der Waals surface area contributed by atoms with Crippen LogP contribution in [0.1, 0.15) is 33.4 Å². The van der Waals surface area contributed by atoms with Crippen LogP contribution >= 0.6 is 34.8 Å². The third kappa shape index (κ3) is 4.61. The number of hydrogen-bond donors (Lipinski definition) is 0. The van der Waals surface area contributed by atoms with Crippen molar-refractivity contribution >= 4 is 41.3 Å². The molecule has 1 heterocycles. The van der Waals surface area contributed by atoms with Crippen molar-refractivity contribution in [1.82, 2.24) is 14.8 Å². The average molecular weight is 421 g/mol. The Balaban J connectivity index is 2.41. The first kappa shape index (κ1) is 20.8. The molecule has 6 nitrogen and oxygen atoms in total. The molecule has 0 saturated carbocycles. The van der Waals surface area contributed by atoms with Crippen LogP contribution < -0.4 is 4.74 Å².